The maximum Gasteiger partial charge on any atom is 0.214 e. The van der Waals surface area contributed by atoms with E-state index in [1.807, 2.05) is 19.9 Å². The molecule has 4 nitrogen and oxygen atoms in total. The smallest absolute Gasteiger partial charge is 0.214 e. The second-order valence-electron chi connectivity index (χ2n) is 4.59. The van der Waals surface area contributed by atoms with Crippen LogP contribution in [-0.2, 0) is 6.54 Å². The SMILES string of the molecule is Cc1ccc2nc(NCc3nc(C)c(C)o3)sc2c1. The standard InChI is InChI=1S/C14H15N3OS/c1-8-4-5-11-12(6-8)19-14(17-11)15-7-13-16-9(2)10(3)18-13/h4-6H,7H2,1-3H3,(H,15,17). The minimum atomic E-state index is 0.563. The summed E-state index contributed by atoms with van der Waals surface area (Å²) in [5.41, 5.74) is 3.22. The molecule has 0 saturated heterocycles. The molecule has 0 unspecified atom stereocenters. The van der Waals surface area contributed by atoms with Crippen LogP contribution in [0.15, 0.2) is 22.6 Å². The van der Waals surface area contributed by atoms with Crippen molar-refractivity contribution in [3.8, 4) is 0 Å². The first-order chi connectivity index (χ1) is 9.11. The Morgan fingerprint density at radius 2 is 2.05 bits per heavy atom. The summed E-state index contributed by atoms with van der Waals surface area (Å²) in [4.78, 5) is 8.88. The zero-order valence-corrected chi connectivity index (χ0v) is 12.0. The molecule has 3 rings (SSSR count). The van der Waals surface area contributed by atoms with E-state index in [1.165, 1.54) is 10.3 Å². The molecule has 0 spiro atoms. The summed E-state index contributed by atoms with van der Waals surface area (Å²) in [5.74, 6) is 1.57. The summed E-state index contributed by atoms with van der Waals surface area (Å²) in [6.45, 7) is 6.52. The van der Waals surface area contributed by atoms with Crippen molar-refractivity contribution < 1.29 is 4.42 Å². The van der Waals surface area contributed by atoms with Gasteiger partial charge in [-0.3, -0.25) is 0 Å². The fraction of sp³-hybridized carbons (Fsp3) is 0.286. The summed E-state index contributed by atoms with van der Waals surface area (Å²) in [7, 11) is 0. The maximum atomic E-state index is 5.53. The second-order valence-corrected chi connectivity index (χ2v) is 5.62. The molecule has 2 aromatic heterocycles. The second kappa shape index (κ2) is 4.66. The van der Waals surface area contributed by atoms with Gasteiger partial charge in [0.05, 0.1) is 22.5 Å². The first kappa shape index (κ1) is 12.2. The first-order valence-electron chi connectivity index (χ1n) is 6.16. The van der Waals surface area contributed by atoms with Gasteiger partial charge in [-0.2, -0.15) is 0 Å². The van der Waals surface area contributed by atoms with Gasteiger partial charge in [-0.05, 0) is 38.5 Å². The first-order valence-corrected chi connectivity index (χ1v) is 6.97. The molecular weight excluding hydrogens is 258 g/mol. The van der Waals surface area contributed by atoms with Gasteiger partial charge >= 0.3 is 0 Å². The molecule has 0 atom stereocenters. The van der Waals surface area contributed by atoms with Gasteiger partial charge in [0.25, 0.3) is 0 Å². The zero-order chi connectivity index (χ0) is 13.4. The molecule has 19 heavy (non-hydrogen) atoms. The number of nitrogens with zero attached hydrogens (tertiary/aromatic N) is 2. The van der Waals surface area contributed by atoms with Gasteiger partial charge in [0.2, 0.25) is 5.89 Å². The lowest BCUT2D eigenvalue weighted by Crippen LogP contribution is -1.98. The molecule has 2 heterocycles. The largest absolute Gasteiger partial charge is 0.444 e. The molecule has 0 amide bonds. The third kappa shape index (κ3) is 2.46. The van der Waals surface area contributed by atoms with E-state index in [2.05, 4.69) is 34.3 Å². The highest BCUT2D eigenvalue weighted by molar-refractivity contribution is 7.22. The Bertz CT molecular complexity index is 710. The third-order valence-electron chi connectivity index (χ3n) is 3.01. The molecule has 0 aliphatic heterocycles. The molecule has 0 radical (unpaired) electrons. The number of oxazole rings is 1. The Hall–Kier alpha value is -1.88. The summed E-state index contributed by atoms with van der Waals surface area (Å²) < 4.78 is 6.73. The molecule has 0 aliphatic carbocycles. The lowest BCUT2D eigenvalue weighted by atomic mass is 10.2. The molecule has 5 heteroatoms. The van der Waals surface area contributed by atoms with Crippen LogP contribution in [0.4, 0.5) is 5.13 Å². The number of anilines is 1. The molecule has 3 aromatic rings. The van der Waals surface area contributed by atoms with Crippen LogP contribution in [0, 0.1) is 20.8 Å². The van der Waals surface area contributed by atoms with Crippen LogP contribution in [0.25, 0.3) is 10.2 Å². The molecular formula is C14H15N3OS. The molecule has 98 valence electrons. The molecule has 1 aromatic carbocycles. The molecule has 0 fully saturated rings. The van der Waals surface area contributed by atoms with E-state index in [0.717, 1.165) is 22.1 Å². The van der Waals surface area contributed by atoms with Crippen molar-refractivity contribution >= 4 is 26.7 Å². The van der Waals surface area contributed by atoms with Gasteiger partial charge in [0.1, 0.15) is 5.76 Å². The summed E-state index contributed by atoms with van der Waals surface area (Å²) in [5, 5.41) is 4.16. The van der Waals surface area contributed by atoms with Gasteiger partial charge < -0.3 is 9.73 Å². The van der Waals surface area contributed by atoms with Crippen molar-refractivity contribution in [1.29, 1.82) is 0 Å². The number of thiazole rings is 1. The van der Waals surface area contributed by atoms with Crippen LogP contribution < -0.4 is 5.32 Å². The number of nitrogens with one attached hydrogen (secondary N) is 1. The van der Waals surface area contributed by atoms with Crippen LogP contribution in [0.1, 0.15) is 22.9 Å². The topological polar surface area (TPSA) is 51.0 Å². The van der Waals surface area contributed by atoms with Crippen molar-refractivity contribution in [2.45, 2.75) is 27.3 Å². The molecule has 0 bridgehead atoms. The van der Waals surface area contributed by atoms with Gasteiger partial charge in [0.15, 0.2) is 5.13 Å². The number of aryl methyl sites for hydroxylation is 3. The van der Waals surface area contributed by atoms with Crippen molar-refractivity contribution in [2.24, 2.45) is 0 Å². The van der Waals surface area contributed by atoms with E-state index in [1.54, 1.807) is 11.3 Å². The Labute approximate surface area is 115 Å². The summed E-state index contributed by atoms with van der Waals surface area (Å²) >= 11 is 1.65. The molecule has 1 N–H and O–H groups in total. The lowest BCUT2D eigenvalue weighted by molar-refractivity contribution is 0.478. The Morgan fingerprint density at radius 3 is 2.79 bits per heavy atom. The minimum absolute atomic E-state index is 0.563. The summed E-state index contributed by atoms with van der Waals surface area (Å²) in [6.07, 6.45) is 0. The van der Waals surface area contributed by atoms with Crippen LogP contribution in [0.5, 0.6) is 0 Å². The van der Waals surface area contributed by atoms with Crippen LogP contribution in [-0.4, -0.2) is 9.97 Å². The predicted octanol–water partition coefficient (Wildman–Crippen LogP) is 3.82. The van der Waals surface area contributed by atoms with E-state index >= 15 is 0 Å². The Balaban J connectivity index is 1.78. The van der Waals surface area contributed by atoms with Gasteiger partial charge in [0, 0.05) is 0 Å². The van der Waals surface area contributed by atoms with E-state index < -0.39 is 0 Å². The van der Waals surface area contributed by atoms with Crippen LogP contribution >= 0.6 is 11.3 Å². The maximum absolute atomic E-state index is 5.53. The number of rotatable bonds is 3. The summed E-state index contributed by atoms with van der Waals surface area (Å²) in [6, 6.07) is 6.27. The monoisotopic (exact) mass is 273 g/mol. The lowest BCUT2D eigenvalue weighted by Gasteiger charge is -1.96. The minimum Gasteiger partial charge on any atom is -0.444 e. The highest BCUT2D eigenvalue weighted by Crippen LogP contribution is 2.27. The van der Waals surface area contributed by atoms with Gasteiger partial charge in [-0.25, -0.2) is 9.97 Å². The molecule has 0 aliphatic rings. The zero-order valence-electron chi connectivity index (χ0n) is 11.2. The van der Waals surface area contributed by atoms with Crippen molar-refractivity contribution in [1.82, 2.24) is 9.97 Å². The van der Waals surface area contributed by atoms with E-state index in [9.17, 15) is 0 Å². The third-order valence-corrected chi connectivity index (χ3v) is 3.98. The van der Waals surface area contributed by atoms with Crippen molar-refractivity contribution in [3.63, 3.8) is 0 Å². The number of hydrogen-bond donors (Lipinski definition) is 1. The number of aromatic nitrogens is 2. The van der Waals surface area contributed by atoms with Crippen molar-refractivity contribution in [2.75, 3.05) is 5.32 Å². The highest BCUT2D eigenvalue weighted by Gasteiger charge is 2.07. The van der Waals surface area contributed by atoms with Gasteiger partial charge in [-0.15, -0.1) is 0 Å². The fourth-order valence-corrected chi connectivity index (χ4v) is 2.83. The average Bonchev–Trinajstić information content (AvgIpc) is 2.90. The number of fused-ring (bicyclic) bond motifs is 1. The van der Waals surface area contributed by atoms with Crippen LogP contribution in [0.2, 0.25) is 0 Å². The Kier molecular flexibility index (Phi) is 2.98. The van der Waals surface area contributed by atoms with E-state index in [4.69, 9.17) is 4.42 Å². The van der Waals surface area contributed by atoms with Gasteiger partial charge in [-0.1, -0.05) is 17.4 Å². The number of hydrogen-bond acceptors (Lipinski definition) is 5. The molecule has 0 saturated carbocycles. The van der Waals surface area contributed by atoms with E-state index in [-0.39, 0.29) is 0 Å². The normalized spacial score (nSPS) is 11.1. The number of benzene rings is 1. The van der Waals surface area contributed by atoms with Crippen molar-refractivity contribution in [3.05, 3.63) is 41.1 Å². The highest BCUT2D eigenvalue weighted by atomic mass is 32.1. The Morgan fingerprint density at radius 1 is 1.21 bits per heavy atom. The fourth-order valence-electron chi connectivity index (χ4n) is 1.87. The van der Waals surface area contributed by atoms with Crippen LogP contribution in [0.3, 0.4) is 0 Å². The average molecular weight is 273 g/mol. The quantitative estimate of drug-likeness (QED) is 0.788. The van der Waals surface area contributed by atoms with E-state index in [0.29, 0.717) is 12.4 Å². The predicted molar refractivity (Wildman–Crippen MR) is 77.7 cm³/mol.